The van der Waals surface area contributed by atoms with Crippen LogP contribution in [0.15, 0.2) is 17.3 Å². The van der Waals surface area contributed by atoms with E-state index >= 15 is 0 Å². The Hall–Kier alpha value is -1.18. The topological polar surface area (TPSA) is 25.2 Å². The van der Waals surface area contributed by atoms with Crippen LogP contribution >= 0.6 is 0 Å². The van der Waals surface area contributed by atoms with E-state index in [2.05, 4.69) is 50.7 Å². The summed E-state index contributed by atoms with van der Waals surface area (Å²) in [6, 6.07) is 2.26. The predicted molar refractivity (Wildman–Crippen MR) is 68.6 cm³/mol. The van der Waals surface area contributed by atoms with Crippen LogP contribution in [0.5, 0.6) is 0 Å². The molecule has 0 saturated heterocycles. The molecule has 0 unspecified atom stereocenters. The molecule has 1 aromatic heterocycles. The quantitative estimate of drug-likeness (QED) is 0.699. The van der Waals surface area contributed by atoms with E-state index in [1.807, 2.05) is 6.20 Å². The Morgan fingerprint density at radius 2 is 1.94 bits per heavy atom. The van der Waals surface area contributed by atoms with Crippen molar-refractivity contribution in [1.29, 1.82) is 0 Å². The summed E-state index contributed by atoms with van der Waals surface area (Å²) in [6.45, 7) is 11.0. The Balaban J connectivity index is 2.32. The third-order valence-electron chi connectivity index (χ3n) is 3.10. The monoisotopic (exact) mass is 216 g/mol. The van der Waals surface area contributed by atoms with Crippen LogP contribution in [-0.4, -0.2) is 10.7 Å². The first-order valence-corrected chi connectivity index (χ1v) is 5.95. The highest BCUT2D eigenvalue weighted by molar-refractivity contribution is 5.96. The molecule has 0 aliphatic carbocycles. The van der Waals surface area contributed by atoms with Crippen molar-refractivity contribution in [2.45, 2.75) is 47.0 Å². The van der Waals surface area contributed by atoms with Crippen molar-refractivity contribution in [3.8, 4) is 0 Å². The first kappa shape index (κ1) is 11.3. The number of fused-ring (bicyclic) bond motifs is 1. The van der Waals surface area contributed by atoms with E-state index in [4.69, 9.17) is 0 Å². The summed E-state index contributed by atoms with van der Waals surface area (Å²) >= 11 is 0. The lowest BCUT2D eigenvalue weighted by Crippen LogP contribution is -2.19. The van der Waals surface area contributed by atoms with Crippen molar-refractivity contribution in [1.82, 2.24) is 4.98 Å². The summed E-state index contributed by atoms with van der Waals surface area (Å²) in [6.07, 6.45) is 2.92. The molecule has 86 valence electrons. The molecule has 0 saturated carbocycles. The van der Waals surface area contributed by atoms with E-state index in [1.165, 1.54) is 16.8 Å². The lowest BCUT2D eigenvalue weighted by Gasteiger charge is -2.17. The van der Waals surface area contributed by atoms with E-state index < -0.39 is 0 Å². The van der Waals surface area contributed by atoms with Crippen molar-refractivity contribution in [3.05, 3.63) is 23.4 Å². The molecule has 0 fully saturated rings. The molecule has 0 N–H and O–H groups in total. The highest BCUT2D eigenvalue weighted by Crippen LogP contribution is 2.32. The summed E-state index contributed by atoms with van der Waals surface area (Å²) in [5, 5.41) is 0. The predicted octanol–water partition coefficient (Wildman–Crippen LogP) is 3.88. The Morgan fingerprint density at radius 3 is 2.50 bits per heavy atom. The molecular formula is C14H20N2. The molecule has 2 heteroatoms. The number of pyridine rings is 1. The minimum absolute atomic E-state index is 0.151. The molecule has 1 aliphatic rings. The summed E-state index contributed by atoms with van der Waals surface area (Å²) < 4.78 is 0. The van der Waals surface area contributed by atoms with Crippen molar-refractivity contribution in [2.24, 2.45) is 10.4 Å². The minimum atomic E-state index is 0.151. The molecule has 0 atom stereocenters. The zero-order chi connectivity index (χ0) is 11.9. The molecule has 0 aromatic carbocycles. The standard InChI is InChI=1S/C14H20N2/c1-9(2)11-6-10-7-12(14(3,4)5)16-13(10)15-8-11/h6,8-9H,7H2,1-5H3. The Labute approximate surface area is 97.8 Å². The maximum Gasteiger partial charge on any atom is 0.155 e. The fourth-order valence-corrected chi connectivity index (χ4v) is 1.85. The van der Waals surface area contributed by atoms with Crippen LogP contribution in [0.4, 0.5) is 5.82 Å². The second kappa shape index (κ2) is 3.69. The zero-order valence-corrected chi connectivity index (χ0v) is 10.8. The summed E-state index contributed by atoms with van der Waals surface area (Å²) in [5.41, 5.74) is 4.00. The maximum atomic E-state index is 4.63. The zero-order valence-electron chi connectivity index (χ0n) is 10.8. The van der Waals surface area contributed by atoms with Crippen LogP contribution in [0.1, 0.15) is 51.7 Å². The van der Waals surface area contributed by atoms with Gasteiger partial charge < -0.3 is 0 Å². The van der Waals surface area contributed by atoms with Crippen LogP contribution in [0.25, 0.3) is 0 Å². The molecule has 2 nitrogen and oxygen atoms in total. The molecule has 0 bridgehead atoms. The van der Waals surface area contributed by atoms with E-state index in [9.17, 15) is 0 Å². The molecule has 0 radical (unpaired) electrons. The Morgan fingerprint density at radius 1 is 1.25 bits per heavy atom. The number of hydrogen-bond donors (Lipinski definition) is 0. The average molecular weight is 216 g/mol. The number of hydrogen-bond acceptors (Lipinski definition) is 2. The number of nitrogens with zero attached hydrogens (tertiary/aromatic N) is 2. The highest BCUT2D eigenvalue weighted by atomic mass is 14.9. The van der Waals surface area contributed by atoms with E-state index in [-0.39, 0.29) is 5.41 Å². The van der Waals surface area contributed by atoms with Gasteiger partial charge in [0.15, 0.2) is 5.82 Å². The van der Waals surface area contributed by atoms with Crippen molar-refractivity contribution < 1.29 is 0 Å². The molecule has 1 aromatic rings. The smallest absolute Gasteiger partial charge is 0.155 e. The largest absolute Gasteiger partial charge is 0.237 e. The van der Waals surface area contributed by atoms with Gasteiger partial charge in [0.25, 0.3) is 0 Å². The van der Waals surface area contributed by atoms with Gasteiger partial charge in [-0.05, 0) is 17.5 Å². The van der Waals surface area contributed by atoms with Gasteiger partial charge in [-0.1, -0.05) is 34.6 Å². The van der Waals surface area contributed by atoms with Crippen LogP contribution in [0, 0.1) is 5.41 Å². The Bertz CT molecular complexity index is 437. The lowest BCUT2D eigenvalue weighted by molar-refractivity contribution is 0.584. The van der Waals surface area contributed by atoms with Gasteiger partial charge in [0.2, 0.25) is 0 Å². The summed E-state index contributed by atoms with van der Waals surface area (Å²) in [7, 11) is 0. The third-order valence-corrected chi connectivity index (χ3v) is 3.10. The highest BCUT2D eigenvalue weighted by Gasteiger charge is 2.25. The van der Waals surface area contributed by atoms with E-state index in [0.717, 1.165) is 12.2 Å². The summed E-state index contributed by atoms with van der Waals surface area (Å²) in [4.78, 5) is 9.09. The molecule has 16 heavy (non-hydrogen) atoms. The van der Waals surface area contributed by atoms with Crippen LogP contribution in [0.2, 0.25) is 0 Å². The molecule has 1 aliphatic heterocycles. The number of aliphatic imine (C=N–C) groups is 1. The average Bonchev–Trinajstić information content (AvgIpc) is 2.58. The van der Waals surface area contributed by atoms with Crippen molar-refractivity contribution >= 4 is 11.5 Å². The molecule has 2 rings (SSSR count). The van der Waals surface area contributed by atoms with Gasteiger partial charge in [-0.3, -0.25) is 0 Å². The van der Waals surface area contributed by atoms with Crippen LogP contribution < -0.4 is 0 Å². The molecular weight excluding hydrogens is 196 g/mol. The van der Waals surface area contributed by atoms with Gasteiger partial charge in [0.1, 0.15) is 0 Å². The second-order valence-electron chi connectivity index (χ2n) is 5.89. The van der Waals surface area contributed by atoms with E-state index in [1.54, 1.807) is 0 Å². The normalized spacial score (nSPS) is 15.2. The van der Waals surface area contributed by atoms with Crippen molar-refractivity contribution in [2.75, 3.05) is 0 Å². The van der Waals surface area contributed by atoms with E-state index in [0.29, 0.717) is 5.92 Å². The number of rotatable bonds is 1. The molecule has 0 spiro atoms. The van der Waals surface area contributed by atoms with Gasteiger partial charge in [-0.25, -0.2) is 9.98 Å². The SMILES string of the molecule is CC(C)c1cnc2c(c1)CC(C(C)(C)C)=N2. The van der Waals surface area contributed by atoms with Crippen LogP contribution in [-0.2, 0) is 6.42 Å². The fraction of sp³-hybridized carbons (Fsp3) is 0.571. The van der Waals surface area contributed by atoms with Crippen LogP contribution in [0.3, 0.4) is 0 Å². The first-order valence-electron chi connectivity index (χ1n) is 5.95. The van der Waals surface area contributed by atoms with Gasteiger partial charge in [-0.2, -0.15) is 0 Å². The Kier molecular flexibility index (Phi) is 2.61. The van der Waals surface area contributed by atoms with Gasteiger partial charge in [0, 0.05) is 29.3 Å². The van der Waals surface area contributed by atoms with Crippen molar-refractivity contribution in [3.63, 3.8) is 0 Å². The second-order valence-corrected chi connectivity index (χ2v) is 5.89. The third kappa shape index (κ3) is 2.01. The maximum absolute atomic E-state index is 4.63. The minimum Gasteiger partial charge on any atom is -0.237 e. The molecule has 0 amide bonds. The summed E-state index contributed by atoms with van der Waals surface area (Å²) in [5.74, 6) is 1.46. The number of aromatic nitrogens is 1. The van der Waals surface area contributed by atoms with Gasteiger partial charge in [0.05, 0.1) is 0 Å². The lowest BCUT2D eigenvalue weighted by atomic mass is 9.87. The van der Waals surface area contributed by atoms with Gasteiger partial charge >= 0.3 is 0 Å². The molecule has 2 heterocycles. The fourth-order valence-electron chi connectivity index (χ4n) is 1.85. The first-order chi connectivity index (χ1) is 7.38. The van der Waals surface area contributed by atoms with Gasteiger partial charge in [-0.15, -0.1) is 0 Å².